The van der Waals surface area contributed by atoms with Crippen LogP contribution in [0.25, 0.3) is 11.1 Å². The van der Waals surface area contributed by atoms with Gasteiger partial charge in [0, 0.05) is 80.9 Å². The summed E-state index contributed by atoms with van der Waals surface area (Å²) in [7, 11) is 1.99. The zero-order chi connectivity index (χ0) is 32.0. The molecule has 2 atom stereocenters. The van der Waals surface area contributed by atoms with Gasteiger partial charge in [0.2, 0.25) is 5.95 Å². The van der Waals surface area contributed by atoms with Crippen molar-refractivity contribution in [3.05, 3.63) is 65.5 Å². The highest BCUT2D eigenvalue weighted by atomic mass is 19.4. The number of nitrogens with one attached hydrogen (secondary N) is 1. The van der Waals surface area contributed by atoms with Crippen molar-refractivity contribution in [2.24, 2.45) is 0 Å². The van der Waals surface area contributed by atoms with Crippen LogP contribution in [0.2, 0.25) is 0 Å². The van der Waals surface area contributed by atoms with E-state index in [2.05, 4.69) is 30.0 Å². The van der Waals surface area contributed by atoms with Crippen molar-refractivity contribution in [3.63, 3.8) is 0 Å². The average molecular weight is 630 g/mol. The fraction of sp³-hybridized carbons (Fsp3) is 0.469. The van der Waals surface area contributed by atoms with Gasteiger partial charge in [0.25, 0.3) is 5.91 Å². The molecule has 240 valence electrons. The molecule has 45 heavy (non-hydrogen) atoms. The van der Waals surface area contributed by atoms with E-state index in [1.54, 1.807) is 0 Å². The Morgan fingerprint density at radius 2 is 1.56 bits per heavy atom. The van der Waals surface area contributed by atoms with Gasteiger partial charge in [-0.3, -0.25) is 14.6 Å². The van der Waals surface area contributed by atoms with E-state index in [1.165, 1.54) is 37.4 Å². The molecular formula is C32H36F5N7O. The summed E-state index contributed by atoms with van der Waals surface area (Å²) in [4.78, 5) is 31.0. The van der Waals surface area contributed by atoms with Gasteiger partial charge in [-0.2, -0.15) is 13.2 Å². The van der Waals surface area contributed by atoms with Crippen molar-refractivity contribution in [1.29, 1.82) is 0 Å². The van der Waals surface area contributed by atoms with Crippen LogP contribution in [0.1, 0.15) is 42.6 Å². The monoisotopic (exact) mass is 629 g/mol. The SMILES string of the molecule is C[C@@H]1CN(c2cc(F)c(-c3cnc(N4CCN(C5CC5)CC4)nc3)cc2NC(=O)c2ccc(F)cc2C(F)(F)F)C[C@H](C)N1C. The largest absolute Gasteiger partial charge is 0.417 e. The number of nitrogens with zero attached hydrogens (tertiary/aromatic N) is 6. The summed E-state index contributed by atoms with van der Waals surface area (Å²) in [5.41, 5.74) is -1.24. The van der Waals surface area contributed by atoms with Crippen LogP contribution in [-0.4, -0.2) is 90.1 Å². The Labute approximate surface area is 258 Å². The highest BCUT2D eigenvalue weighted by Crippen LogP contribution is 2.38. The average Bonchev–Trinajstić information content (AvgIpc) is 3.86. The molecule has 1 amide bonds. The quantitative estimate of drug-likeness (QED) is 0.361. The Morgan fingerprint density at radius 1 is 0.911 bits per heavy atom. The smallest absolute Gasteiger partial charge is 0.367 e. The van der Waals surface area contributed by atoms with Crippen molar-refractivity contribution in [2.75, 3.05) is 61.4 Å². The van der Waals surface area contributed by atoms with Crippen LogP contribution in [0, 0.1) is 11.6 Å². The Hall–Kier alpha value is -3.84. The predicted molar refractivity (Wildman–Crippen MR) is 162 cm³/mol. The molecule has 0 bridgehead atoms. The maximum atomic E-state index is 15.8. The fourth-order valence-corrected chi connectivity index (χ4v) is 6.24. The van der Waals surface area contributed by atoms with Gasteiger partial charge < -0.3 is 15.1 Å². The highest BCUT2D eigenvalue weighted by molar-refractivity contribution is 6.07. The molecule has 0 spiro atoms. The lowest BCUT2D eigenvalue weighted by atomic mass is 10.0. The molecule has 1 saturated carbocycles. The molecular weight excluding hydrogens is 593 g/mol. The van der Waals surface area contributed by atoms with E-state index in [0.717, 1.165) is 38.3 Å². The minimum Gasteiger partial charge on any atom is -0.367 e. The Morgan fingerprint density at radius 3 is 2.16 bits per heavy atom. The highest BCUT2D eigenvalue weighted by Gasteiger charge is 2.36. The van der Waals surface area contributed by atoms with E-state index in [4.69, 9.17) is 0 Å². The standard InChI is InChI=1S/C32H36F5N7O/c1-19-17-44(18-20(2)41(19)3)29-14-27(34)25(13-28(29)40-30(45)24-7-4-22(33)12-26(24)32(35,36)37)21-15-38-31(39-16-21)43-10-8-42(9-11-43)23-5-6-23/h4,7,12-16,19-20,23H,5-6,8-11,17-18H2,1-3H3,(H,40,45)/t19-,20+. The van der Waals surface area contributed by atoms with Crippen LogP contribution in [-0.2, 0) is 6.18 Å². The molecule has 0 radical (unpaired) electrons. The topological polar surface area (TPSA) is 67.8 Å². The molecule has 1 N–H and O–H groups in total. The number of hydrogen-bond acceptors (Lipinski definition) is 7. The molecule has 2 aromatic carbocycles. The van der Waals surface area contributed by atoms with Crippen molar-refractivity contribution in [3.8, 4) is 11.1 Å². The number of carbonyl (C=O) groups excluding carboxylic acids is 1. The lowest BCUT2D eigenvalue weighted by molar-refractivity contribution is -0.138. The first kappa shape index (κ1) is 31.2. The third-order valence-corrected chi connectivity index (χ3v) is 9.18. The number of hydrogen-bond donors (Lipinski definition) is 1. The van der Waals surface area contributed by atoms with Gasteiger partial charge in [-0.15, -0.1) is 0 Å². The number of anilines is 3. The molecule has 3 fully saturated rings. The van der Waals surface area contributed by atoms with Crippen LogP contribution in [0.3, 0.4) is 0 Å². The normalized spacial score (nSPS) is 21.7. The zero-order valence-corrected chi connectivity index (χ0v) is 25.4. The van der Waals surface area contributed by atoms with E-state index in [0.29, 0.717) is 42.4 Å². The number of rotatable bonds is 6. The molecule has 6 rings (SSSR count). The second-order valence-corrected chi connectivity index (χ2v) is 12.3. The van der Waals surface area contributed by atoms with Gasteiger partial charge in [0.15, 0.2) is 0 Å². The molecule has 1 aliphatic carbocycles. The number of aromatic nitrogens is 2. The summed E-state index contributed by atoms with van der Waals surface area (Å²) in [5, 5.41) is 2.58. The van der Waals surface area contributed by atoms with E-state index < -0.39 is 34.8 Å². The van der Waals surface area contributed by atoms with Crippen LogP contribution < -0.4 is 15.1 Å². The maximum Gasteiger partial charge on any atom is 0.417 e. The number of amides is 1. The van der Waals surface area contributed by atoms with Gasteiger partial charge in [0.05, 0.1) is 22.5 Å². The first-order valence-corrected chi connectivity index (χ1v) is 15.2. The van der Waals surface area contributed by atoms with Gasteiger partial charge in [-0.05, 0) is 64.1 Å². The first-order valence-electron chi connectivity index (χ1n) is 15.2. The summed E-state index contributed by atoms with van der Waals surface area (Å²) >= 11 is 0. The molecule has 0 unspecified atom stereocenters. The van der Waals surface area contributed by atoms with Crippen molar-refractivity contribution in [2.45, 2.75) is 51.0 Å². The fourth-order valence-electron chi connectivity index (χ4n) is 6.24. The van der Waals surface area contributed by atoms with E-state index in [9.17, 15) is 22.4 Å². The van der Waals surface area contributed by atoms with Crippen molar-refractivity contribution >= 4 is 23.2 Å². The molecule has 8 nitrogen and oxygen atoms in total. The Balaban J connectivity index is 1.32. The second-order valence-electron chi connectivity index (χ2n) is 12.3. The predicted octanol–water partition coefficient (Wildman–Crippen LogP) is 5.51. The number of carbonyl (C=O) groups is 1. The number of benzene rings is 2. The molecule has 2 aliphatic heterocycles. The second kappa shape index (κ2) is 12.2. The van der Waals surface area contributed by atoms with Gasteiger partial charge in [0.1, 0.15) is 11.6 Å². The maximum absolute atomic E-state index is 15.8. The molecule has 3 aromatic rings. The van der Waals surface area contributed by atoms with E-state index in [-0.39, 0.29) is 23.3 Å². The third-order valence-electron chi connectivity index (χ3n) is 9.18. The number of halogens is 5. The van der Waals surface area contributed by atoms with Crippen LogP contribution in [0.15, 0.2) is 42.7 Å². The molecule has 3 heterocycles. The van der Waals surface area contributed by atoms with Gasteiger partial charge >= 0.3 is 6.18 Å². The Bertz CT molecular complexity index is 1540. The van der Waals surface area contributed by atoms with E-state index in [1.807, 2.05) is 25.8 Å². The number of alkyl halides is 3. The number of likely N-dealkylation sites (N-methyl/N-ethyl adjacent to an activating group) is 1. The lowest BCUT2D eigenvalue weighted by Crippen LogP contribution is -2.55. The first-order chi connectivity index (χ1) is 21.4. The zero-order valence-electron chi connectivity index (χ0n) is 25.4. The van der Waals surface area contributed by atoms with Crippen LogP contribution in [0.4, 0.5) is 39.3 Å². The van der Waals surface area contributed by atoms with Crippen LogP contribution in [0.5, 0.6) is 0 Å². The summed E-state index contributed by atoms with van der Waals surface area (Å²) in [6.45, 7) is 8.48. The minimum atomic E-state index is -4.96. The summed E-state index contributed by atoms with van der Waals surface area (Å²) in [6, 6.07) is 5.44. The number of piperazine rings is 2. The Kier molecular flexibility index (Phi) is 8.42. The minimum absolute atomic E-state index is 0.0843. The van der Waals surface area contributed by atoms with E-state index >= 15 is 4.39 Å². The van der Waals surface area contributed by atoms with Gasteiger partial charge in [-0.1, -0.05) is 0 Å². The van der Waals surface area contributed by atoms with Crippen molar-refractivity contribution < 1.29 is 26.7 Å². The molecule has 13 heteroatoms. The summed E-state index contributed by atoms with van der Waals surface area (Å²) in [5.74, 6) is -2.25. The summed E-state index contributed by atoms with van der Waals surface area (Å²) < 4.78 is 70.9. The molecule has 3 aliphatic rings. The lowest BCUT2D eigenvalue weighted by Gasteiger charge is -2.44. The molecule has 2 saturated heterocycles. The molecule has 1 aromatic heterocycles. The van der Waals surface area contributed by atoms with Gasteiger partial charge in [-0.25, -0.2) is 18.7 Å². The van der Waals surface area contributed by atoms with Crippen LogP contribution >= 0.6 is 0 Å². The van der Waals surface area contributed by atoms with Crippen molar-refractivity contribution in [1.82, 2.24) is 19.8 Å². The summed E-state index contributed by atoms with van der Waals surface area (Å²) in [6.07, 6.45) is 0.566. The third kappa shape index (κ3) is 6.60.